The van der Waals surface area contributed by atoms with Gasteiger partial charge in [0.15, 0.2) is 0 Å². The van der Waals surface area contributed by atoms with Crippen LogP contribution in [0.15, 0.2) is 24.3 Å². The summed E-state index contributed by atoms with van der Waals surface area (Å²) in [6.07, 6.45) is 2.67. The number of hydrogen-bond donors (Lipinski definition) is 0. The molecule has 0 unspecified atom stereocenters. The first kappa shape index (κ1) is 12.2. The van der Waals surface area contributed by atoms with Crippen LogP contribution in [0.3, 0.4) is 0 Å². The summed E-state index contributed by atoms with van der Waals surface area (Å²) in [7, 11) is 0. The highest BCUT2D eigenvalue weighted by Gasteiger charge is 2.10. The molecule has 94 valence electrons. The Morgan fingerprint density at radius 2 is 1.82 bits per heavy atom. The maximum atomic E-state index is 5.73. The van der Waals surface area contributed by atoms with Gasteiger partial charge in [0, 0.05) is 12.6 Å². The molecule has 17 heavy (non-hydrogen) atoms. The van der Waals surface area contributed by atoms with Gasteiger partial charge in [-0.15, -0.1) is 0 Å². The minimum Gasteiger partial charge on any atom is -0.494 e. The van der Waals surface area contributed by atoms with E-state index in [9.17, 15) is 0 Å². The van der Waals surface area contributed by atoms with E-state index >= 15 is 0 Å². The fourth-order valence-electron chi connectivity index (χ4n) is 2.12. The van der Waals surface area contributed by atoms with Crippen molar-refractivity contribution in [2.75, 3.05) is 32.8 Å². The first-order valence-electron chi connectivity index (χ1n) is 6.46. The summed E-state index contributed by atoms with van der Waals surface area (Å²) in [6.45, 7) is 6.91. The number of likely N-dealkylation sites (tertiary alicyclic amines) is 1. The monoisotopic (exact) mass is 235 g/mol. The zero-order valence-electron chi connectivity index (χ0n) is 10.5. The topological polar surface area (TPSA) is 21.7 Å². The molecule has 1 aromatic rings. The Balaban J connectivity index is 1.75. The van der Waals surface area contributed by atoms with Gasteiger partial charge in [-0.25, -0.2) is 0 Å². The average Bonchev–Trinajstić information content (AvgIpc) is 2.83. The molecule has 1 aliphatic rings. The van der Waals surface area contributed by atoms with Gasteiger partial charge >= 0.3 is 0 Å². The van der Waals surface area contributed by atoms with Gasteiger partial charge in [0.2, 0.25) is 0 Å². The number of ether oxygens (including phenoxy) is 2. The molecule has 0 radical (unpaired) electrons. The fraction of sp³-hybridized carbons (Fsp3) is 0.571. The van der Waals surface area contributed by atoms with Crippen LogP contribution in [0.1, 0.15) is 19.8 Å². The average molecular weight is 235 g/mol. The van der Waals surface area contributed by atoms with Gasteiger partial charge in [0.05, 0.1) is 6.61 Å². The molecule has 0 saturated carbocycles. The lowest BCUT2D eigenvalue weighted by Crippen LogP contribution is -2.25. The van der Waals surface area contributed by atoms with E-state index in [0.29, 0.717) is 6.61 Å². The molecule has 0 spiro atoms. The van der Waals surface area contributed by atoms with Crippen molar-refractivity contribution in [2.24, 2.45) is 0 Å². The summed E-state index contributed by atoms with van der Waals surface area (Å²) in [4.78, 5) is 2.45. The Kier molecular flexibility index (Phi) is 4.68. The highest BCUT2D eigenvalue weighted by Crippen LogP contribution is 2.19. The number of rotatable bonds is 6. The van der Waals surface area contributed by atoms with Gasteiger partial charge in [0.1, 0.15) is 18.1 Å². The lowest BCUT2D eigenvalue weighted by Gasteiger charge is -2.15. The summed E-state index contributed by atoms with van der Waals surface area (Å²) in [5, 5.41) is 0. The second-order valence-electron chi connectivity index (χ2n) is 4.31. The number of hydrogen-bond acceptors (Lipinski definition) is 3. The molecular formula is C14H21NO2. The fourth-order valence-corrected chi connectivity index (χ4v) is 2.12. The molecule has 0 aromatic heterocycles. The zero-order valence-corrected chi connectivity index (χ0v) is 10.5. The summed E-state index contributed by atoms with van der Waals surface area (Å²) in [6, 6.07) is 7.85. The molecule has 1 saturated heterocycles. The molecule has 2 rings (SSSR count). The van der Waals surface area contributed by atoms with Crippen LogP contribution in [0.4, 0.5) is 0 Å². The predicted octanol–water partition coefficient (Wildman–Crippen LogP) is 2.56. The molecule has 1 aliphatic heterocycles. The molecular weight excluding hydrogens is 214 g/mol. The third-order valence-electron chi connectivity index (χ3n) is 2.99. The maximum absolute atomic E-state index is 5.73. The van der Waals surface area contributed by atoms with Crippen molar-refractivity contribution in [1.82, 2.24) is 4.90 Å². The van der Waals surface area contributed by atoms with Crippen LogP contribution in [0.25, 0.3) is 0 Å². The van der Waals surface area contributed by atoms with Crippen molar-refractivity contribution >= 4 is 0 Å². The van der Waals surface area contributed by atoms with E-state index in [1.165, 1.54) is 25.9 Å². The highest BCUT2D eigenvalue weighted by atomic mass is 16.5. The largest absolute Gasteiger partial charge is 0.494 e. The van der Waals surface area contributed by atoms with Crippen molar-refractivity contribution in [1.29, 1.82) is 0 Å². The molecule has 0 aliphatic carbocycles. The van der Waals surface area contributed by atoms with Crippen molar-refractivity contribution < 1.29 is 9.47 Å². The molecule has 1 fully saturated rings. The molecule has 1 aromatic carbocycles. The van der Waals surface area contributed by atoms with E-state index in [-0.39, 0.29) is 0 Å². The number of benzene rings is 1. The van der Waals surface area contributed by atoms with Gasteiger partial charge in [0.25, 0.3) is 0 Å². The van der Waals surface area contributed by atoms with E-state index in [1.807, 2.05) is 31.2 Å². The molecule has 3 nitrogen and oxygen atoms in total. The summed E-state index contributed by atoms with van der Waals surface area (Å²) in [5.74, 6) is 1.78. The quantitative estimate of drug-likeness (QED) is 0.756. The van der Waals surface area contributed by atoms with E-state index < -0.39 is 0 Å². The Bertz CT molecular complexity index is 335. The molecule has 1 heterocycles. The third-order valence-corrected chi connectivity index (χ3v) is 2.99. The lowest BCUT2D eigenvalue weighted by molar-refractivity contribution is 0.236. The normalized spacial score (nSPS) is 16.1. The first-order chi connectivity index (χ1) is 8.38. The van der Waals surface area contributed by atoms with E-state index in [2.05, 4.69) is 4.90 Å². The predicted molar refractivity (Wildman–Crippen MR) is 68.8 cm³/mol. The van der Waals surface area contributed by atoms with Gasteiger partial charge in [-0.2, -0.15) is 0 Å². The van der Waals surface area contributed by atoms with Crippen molar-refractivity contribution in [3.63, 3.8) is 0 Å². The van der Waals surface area contributed by atoms with Crippen LogP contribution < -0.4 is 9.47 Å². The Morgan fingerprint density at radius 1 is 1.12 bits per heavy atom. The van der Waals surface area contributed by atoms with Crippen LogP contribution in [0.2, 0.25) is 0 Å². The van der Waals surface area contributed by atoms with Crippen LogP contribution in [-0.2, 0) is 0 Å². The third kappa shape index (κ3) is 3.93. The van der Waals surface area contributed by atoms with Crippen molar-refractivity contribution in [3.05, 3.63) is 24.3 Å². The zero-order chi connectivity index (χ0) is 11.9. The van der Waals surface area contributed by atoms with Crippen LogP contribution in [0.5, 0.6) is 11.5 Å². The van der Waals surface area contributed by atoms with E-state index in [0.717, 1.165) is 24.7 Å². The molecule has 0 amide bonds. The van der Waals surface area contributed by atoms with Crippen LogP contribution in [-0.4, -0.2) is 37.7 Å². The Hall–Kier alpha value is -1.22. The first-order valence-corrected chi connectivity index (χ1v) is 6.46. The molecule has 3 heteroatoms. The second-order valence-corrected chi connectivity index (χ2v) is 4.31. The minimum absolute atomic E-state index is 0.692. The highest BCUT2D eigenvalue weighted by molar-refractivity contribution is 5.32. The summed E-state index contributed by atoms with van der Waals surface area (Å²) >= 11 is 0. The Labute approximate surface area is 103 Å². The SMILES string of the molecule is CCOc1cccc(OCCN2CCCC2)c1. The Morgan fingerprint density at radius 3 is 2.53 bits per heavy atom. The molecule has 0 bridgehead atoms. The summed E-state index contributed by atoms with van der Waals surface area (Å²) < 4.78 is 11.2. The van der Waals surface area contributed by atoms with E-state index in [1.54, 1.807) is 0 Å². The van der Waals surface area contributed by atoms with Crippen molar-refractivity contribution in [2.45, 2.75) is 19.8 Å². The smallest absolute Gasteiger partial charge is 0.123 e. The molecule has 0 N–H and O–H groups in total. The number of nitrogens with zero attached hydrogens (tertiary/aromatic N) is 1. The van der Waals surface area contributed by atoms with Crippen LogP contribution >= 0.6 is 0 Å². The maximum Gasteiger partial charge on any atom is 0.123 e. The molecule has 0 atom stereocenters. The summed E-state index contributed by atoms with van der Waals surface area (Å²) in [5.41, 5.74) is 0. The van der Waals surface area contributed by atoms with Crippen molar-refractivity contribution in [3.8, 4) is 11.5 Å². The standard InChI is InChI=1S/C14H21NO2/c1-2-16-13-6-5-7-14(12-13)17-11-10-15-8-3-4-9-15/h5-7,12H,2-4,8-11H2,1H3. The van der Waals surface area contributed by atoms with Gasteiger partial charge in [-0.3, -0.25) is 4.90 Å². The second kappa shape index (κ2) is 6.50. The van der Waals surface area contributed by atoms with Gasteiger partial charge in [-0.05, 0) is 45.0 Å². The lowest BCUT2D eigenvalue weighted by atomic mass is 10.3. The van der Waals surface area contributed by atoms with Gasteiger partial charge < -0.3 is 9.47 Å². The minimum atomic E-state index is 0.692. The van der Waals surface area contributed by atoms with Gasteiger partial charge in [-0.1, -0.05) is 6.07 Å². The van der Waals surface area contributed by atoms with E-state index in [4.69, 9.17) is 9.47 Å². The van der Waals surface area contributed by atoms with Crippen LogP contribution in [0, 0.1) is 0 Å².